The van der Waals surface area contributed by atoms with E-state index in [1.54, 1.807) is 36.5 Å². The van der Waals surface area contributed by atoms with E-state index in [0.29, 0.717) is 22.2 Å². The number of para-hydroxylation sites is 1. The van der Waals surface area contributed by atoms with Gasteiger partial charge in [0.2, 0.25) is 0 Å². The van der Waals surface area contributed by atoms with Crippen LogP contribution in [0.15, 0.2) is 122 Å². The summed E-state index contributed by atoms with van der Waals surface area (Å²) in [6, 6.07) is 32.5. The van der Waals surface area contributed by atoms with Gasteiger partial charge >= 0.3 is 5.97 Å². The first-order valence-corrected chi connectivity index (χ1v) is 14.0. The third-order valence-corrected chi connectivity index (χ3v) is 7.41. The first kappa shape index (κ1) is 27.7. The number of thiocarbonyl (C=S) groups is 1. The Balaban J connectivity index is 1.30. The molecule has 0 saturated carbocycles. The number of carbonyl (C=O) groups excluding carboxylic acids is 1. The number of aromatic carboxylic acids is 1. The van der Waals surface area contributed by atoms with Gasteiger partial charge in [-0.3, -0.25) is 9.78 Å². The SMILES string of the molecule is O=C(COc1ccccc1)Nc1ccc(N2C(=S)N[C@H](c3ccccn3)[C@H]2c2cccn2-c2cccc(C(=O)O)c2)cc1. The second kappa shape index (κ2) is 12.2. The number of benzene rings is 3. The van der Waals surface area contributed by atoms with E-state index >= 15 is 0 Å². The highest BCUT2D eigenvalue weighted by molar-refractivity contribution is 7.80. The van der Waals surface area contributed by atoms with E-state index in [-0.39, 0.29) is 30.2 Å². The zero-order valence-corrected chi connectivity index (χ0v) is 23.6. The molecule has 214 valence electrons. The summed E-state index contributed by atoms with van der Waals surface area (Å²) in [5.41, 5.74) is 4.05. The second-order valence-corrected chi connectivity index (χ2v) is 10.2. The van der Waals surface area contributed by atoms with Crippen LogP contribution in [0, 0.1) is 0 Å². The van der Waals surface area contributed by atoms with Crippen molar-refractivity contribution < 1.29 is 19.4 Å². The lowest BCUT2D eigenvalue weighted by atomic mass is 10.0. The molecule has 1 amide bonds. The Labute approximate surface area is 253 Å². The van der Waals surface area contributed by atoms with Crippen molar-refractivity contribution in [3.8, 4) is 11.4 Å². The van der Waals surface area contributed by atoms with Gasteiger partial charge in [-0.15, -0.1) is 0 Å². The molecule has 6 rings (SSSR count). The number of carboxylic acid groups (broad SMARTS) is 1. The van der Waals surface area contributed by atoms with Gasteiger partial charge in [0.1, 0.15) is 11.8 Å². The molecular formula is C33H27N5O4S. The molecule has 3 aromatic carbocycles. The van der Waals surface area contributed by atoms with Crippen LogP contribution in [0.4, 0.5) is 11.4 Å². The molecule has 43 heavy (non-hydrogen) atoms. The summed E-state index contributed by atoms with van der Waals surface area (Å²) in [5.74, 6) is -0.647. The number of carbonyl (C=O) groups is 2. The third kappa shape index (κ3) is 5.95. The number of nitrogens with one attached hydrogen (secondary N) is 2. The molecule has 0 aliphatic carbocycles. The molecule has 2 aromatic heterocycles. The second-order valence-electron chi connectivity index (χ2n) is 9.85. The third-order valence-electron chi connectivity index (χ3n) is 7.10. The Bertz CT molecular complexity index is 1760. The van der Waals surface area contributed by atoms with E-state index in [2.05, 4.69) is 15.6 Å². The predicted octanol–water partition coefficient (Wildman–Crippen LogP) is 5.77. The van der Waals surface area contributed by atoms with Crippen LogP contribution in [0.2, 0.25) is 0 Å². The summed E-state index contributed by atoms with van der Waals surface area (Å²) in [4.78, 5) is 30.8. The molecule has 0 bridgehead atoms. The number of hydrogen-bond acceptors (Lipinski definition) is 5. The summed E-state index contributed by atoms with van der Waals surface area (Å²) in [5, 5.41) is 16.4. The first-order valence-electron chi connectivity index (χ1n) is 13.6. The molecule has 9 nitrogen and oxygen atoms in total. The number of amides is 1. The van der Waals surface area contributed by atoms with E-state index in [4.69, 9.17) is 17.0 Å². The molecule has 2 atom stereocenters. The Morgan fingerprint density at radius 2 is 1.70 bits per heavy atom. The number of rotatable bonds is 9. The fourth-order valence-electron chi connectivity index (χ4n) is 5.16. The summed E-state index contributed by atoms with van der Waals surface area (Å²) in [6.45, 7) is -0.111. The Morgan fingerprint density at radius 1 is 0.907 bits per heavy atom. The maximum absolute atomic E-state index is 12.5. The van der Waals surface area contributed by atoms with Gasteiger partial charge < -0.3 is 29.9 Å². The van der Waals surface area contributed by atoms with Crippen LogP contribution >= 0.6 is 12.2 Å². The average Bonchev–Trinajstić information content (AvgIpc) is 3.66. The number of anilines is 2. The minimum Gasteiger partial charge on any atom is -0.484 e. The molecule has 1 fully saturated rings. The van der Waals surface area contributed by atoms with Crippen molar-refractivity contribution in [1.82, 2.24) is 14.9 Å². The molecule has 0 unspecified atom stereocenters. The molecule has 0 spiro atoms. The normalized spacial score (nSPS) is 16.0. The monoisotopic (exact) mass is 589 g/mol. The van der Waals surface area contributed by atoms with E-state index < -0.39 is 5.97 Å². The van der Waals surface area contributed by atoms with Crippen LogP contribution in [0.25, 0.3) is 5.69 Å². The highest BCUT2D eigenvalue weighted by atomic mass is 32.1. The van der Waals surface area contributed by atoms with Crippen molar-refractivity contribution in [1.29, 1.82) is 0 Å². The van der Waals surface area contributed by atoms with Crippen LogP contribution < -0.4 is 20.3 Å². The fourth-order valence-corrected chi connectivity index (χ4v) is 5.51. The highest BCUT2D eigenvalue weighted by Crippen LogP contribution is 2.42. The lowest BCUT2D eigenvalue weighted by Gasteiger charge is -2.29. The highest BCUT2D eigenvalue weighted by Gasteiger charge is 2.42. The van der Waals surface area contributed by atoms with Gasteiger partial charge in [0, 0.05) is 35.1 Å². The van der Waals surface area contributed by atoms with Crippen molar-refractivity contribution in [2.45, 2.75) is 12.1 Å². The Kier molecular flexibility index (Phi) is 7.84. The summed E-state index contributed by atoms with van der Waals surface area (Å²) in [7, 11) is 0. The molecule has 3 N–H and O–H groups in total. The lowest BCUT2D eigenvalue weighted by Crippen LogP contribution is -2.30. The van der Waals surface area contributed by atoms with Gasteiger partial charge in [0.25, 0.3) is 5.91 Å². The molecular weight excluding hydrogens is 562 g/mol. The van der Waals surface area contributed by atoms with Crippen LogP contribution in [-0.2, 0) is 4.79 Å². The largest absolute Gasteiger partial charge is 0.484 e. The van der Waals surface area contributed by atoms with Crippen LogP contribution in [0.5, 0.6) is 5.75 Å². The van der Waals surface area contributed by atoms with E-state index in [1.807, 2.05) is 94.5 Å². The van der Waals surface area contributed by atoms with Crippen LogP contribution in [0.1, 0.15) is 33.8 Å². The molecule has 10 heteroatoms. The molecule has 5 aromatic rings. The van der Waals surface area contributed by atoms with E-state index in [9.17, 15) is 14.7 Å². The molecule has 1 saturated heterocycles. The van der Waals surface area contributed by atoms with Crippen molar-refractivity contribution in [2.75, 3.05) is 16.8 Å². The number of aromatic nitrogens is 2. The minimum atomic E-state index is -0.994. The predicted molar refractivity (Wildman–Crippen MR) is 168 cm³/mol. The van der Waals surface area contributed by atoms with Crippen molar-refractivity contribution >= 4 is 40.6 Å². The summed E-state index contributed by atoms with van der Waals surface area (Å²) in [6.07, 6.45) is 3.65. The van der Waals surface area contributed by atoms with Crippen molar-refractivity contribution in [3.63, 3.8) is 0 Å². The van der Waals surface area contributed by atoms with Crippen molar-refractivity contribution in [3.05, 3.63) is 139 Å². The van der Waals surface area contributed by atoms with Gasteiger partial charge in [-0.2, -0.15) is 0 Å². The lowest BCUT2D eigenvalue weighted by molar-refractivity contribution is -0.118. The van der Waals surface area contributed by atoms with Gasteiger partial charge in [-0.1, -0.05) is 30.3 Å². The van der Waals surface area contributed by atoms with Gasteiger partial charge in [-0.05, 0) is 91.1 Å². The standard InChI is InChI=1S/C33H27N5O4S/c39-29(21-42-26-10-2-1-3-11-26)35-23-14-16-24(17-15-23)38-31(30(36-33(38)43)27-12-4-5-18-34-27)28-13-7-19-37(28)25-9-6-8-22(20-25)32(40)41/h1-20,30-31H,21H2,(H,35,39)(H,36,43)(H,40,41)/t30-,31-/m1/s1. The molecule has 1 aliphatic heterocycles. The Hall–Kier alpha value is -5.48. The summed E-state index contributed by atoms with van der Waals surface area (Å²) >= 11 is 5.86. The maximum Gasteiger partial charge on any atom is 0.335 e. The Morgan fingerprint density at radius 3 is 2.44 bits per heavy atom. The maximum atomic E-state index is 12.5. The minimum absolute atomic E-state index is 0.111. The number of nitrogens with zero attached hydrogens (tertiary/aromatic N) is 3. The number of carboxylic acids is 1. The number of pyridine rings is 1. The summed E-state index contributed by atoms with van der Waals surface area (Å²) < 4.78 is 7.52. The van der Waals surface area contributed by atoms with Crippen LogP contribution in [-0.4, -0.2) is 38.3 Å². The van der Waals surface area contributed by atoms with Gasteiger partial charge in [0.05, 0.1) is 17.3 Å². The molecule has 1 aliphatic rings. The van der Waals surface area contributed by atoms with Gasteiger partial charge in [0.15, 0.2) is 11.7 Å². The fraction of sp³-hybridized carbons (Fsp3) is 0.0909. The van der Waals surface area contributed by atoms with Crippen molar-refractivity contribution in [2.24, 2.45) is 0 Å². The number of ether oxygens (including phenoxy) is 1. The molecule has 0 radical (unpaired) electrons. The van der Waals surface area contributed by atoms with Gasteiger partial charge in [-0.25, -0.2) is 4.79 Å². The van der Waals surface area contributed by atoms with E-state index in [1.165, 1.54) is 0 Å². The van der Waals surface area contributed by atoms with Crippen LogP contribution in [0.3, 0.4) is 0 Å². The zero-order valence-electron chi connectivity index (χ0n) is 22.8. The quantitative estimate of drug-likeness (QED) is 0.186. The topological polar surface area (TPSA) is 109 Å². The average molecular weight is 590 g/mol. The molecule has 3 heterocycles. The zero-order chi connectivity index (χ0) is 29.8. The smallest absolute Gasteiger partial charge is 0.335 e. The number of hydrogen-bond donors (Lipinski definition) is 3. The van der Waals surface area contributed by atoms with E-state index in [0.717, 1.165) is 17.1 Å². The first-order chi connectivity index (χ1) is 21.0.